The van der Waals surface area contributed by atoms with Gasteiger partial charge in [-0.3, -0.25) is 4.79 Å². The van der Waals surface area contributed by atoms with Crippen LogP contribution in [0.5, 0.6) is 0 Å². The summed E-state index contributed by atoms with van der Waals surface area (Å²) in [5, 5.41) is 68.7. The van der Waals surface area contributed by atoms with E-state index in [1.54, 1.807) is 0 Å². The number of rotatable bonds is 8. The van der Waals surface area contributed by atoms with Crippen LogP contribution in [-0.4, -0.2) is 123 Å². The first kappa shape index (κ1) is 22.3. The van der Waals surface area contributed by atoms with Crippen molar-refractivity contribution < 1.29 is 59.5 Å². The molecule has 0 bridgehead atoms. The van der Waals surface area contributed by atoms with E-state index in [0.29, 0.717) is 0 Å². The molecule has 0 spiro atoms. The number of aliphatic hydroxyl groups excluding tert-OH is 7. The molecule has 1 amide bonds. The van der Waals surface area contributed by atoms with Gasteiger partial charge in [0, 0.05) is 0 Å². The molecule has 2 rings (SSSR count). The molecule has 13 nitrogen and oxygen atoms in total. The molecule has 158 valence electrons. The second-order valence-corrected chi connectivity index (χ2v) is 6.36. The van der Waals surface area contributed by atoms with Crippen LogP contribution in [0.1, 0.15) is 0 Å². The fourth-order valence-corrected chi connectivity index (χ4v) is 2.89. The highest BCUT2D eigenvalue weighted by molar-refractivity contribution is 5.74. The molecule has 0 aromatic carbocycles. The number of nitrogens with two attached hydrogens (primary N) is 1. The summed E-state index contributed by atoms with van der Waals surface area (Å²) in [7, 11) is 0. The van der Waals surface area contributed by atoms with E-state index < -0.39 is 87.1 Å². The lowest BCUT2D eigenvalue weighted by atomic mass is 9.99. The van der Waals surface area contributed by atoms with Gasteiger partial charge in [0.15, 0.2) is 6.29 Å². The standard InChI is InChI=1S/C14H25NO12/c15-7(18)3-24-2-6-8(19)10(21)11(22)13(25-6)27-14(4-17)12(23)9(20)5(1-16)26-14/h5-6,8-13,16-17,19-23H,1-4H2,(H2,15,18)/t5-,6-,8-,9-,10+,11-,12+,13-,14+/m1/s1. The summed E-state index contributed by atoms with van der Waals surface area (Å²) in [6.07, 6.45) is -12.9. The zero-order valence-electron chi connectivity index (χ0n) is 14.2. The summed E-state index contributed by atoms with van der Waals surface area (Å²) >= 11 is 0. The maximum atomic E-state index is 10.7. The molecule has 2 heterocycles. The van der Waals surface area contributed by atoms with E-state index in [4.69, 9.17) is 29.8 Å². The lowest BCUT2D eigenvalue weighted by Crippen LogP contribution is -2.62. The highest BCUT2D eigenvalue weighted by Gasteiger charge is 2.58. The maximum absolute atomic E-state index is 10.7. The van der Waals surface area contributed by atoms with Crippen molar-refractivity contribution in [3.63, 3.8) is 0 Å². The van der Waals surface area contributed by atoms with Gasteiger partial charge < -0.3 is 60.4 Å². The minimum absolute atomic E-state index is 0.398. The van der Waals surface area contributed by atoms with Crippen LogP contribution in [0.4, 0.5) is 0 Å². The highest BCUT2D eigenvalue weighted by Crippen LogP contribution is 2.35. The first-order valence-electron chi connectivity index (χ1n) is 8.16. The molecule has 0 radical (unpaired) electrons. The van der Waals surface area contributed by atoms with E-state index in [-0.39, 0.29) is 0 Å². The summed E-state index contributed by atoms with van der Waals surface area (Å²) in [6, 6.07) is 0. The van der Waals surface area contributed by atoms with E-state index in [9.17, 15) is 35.4 Å². The van der Waals surface area contributed by atoms with Crippen LogP contribution in [0.25, 0.3) is 0 Å². The number of hydrogen-bond donors (Lipinski definition) is 8. The summed E-state index contributed by atoms with van der Waals surface area (Å²) in [5.74, 6) is -3.04. The van der Waals surface area contributed by atoms with Crippen molar-refractivity contribution in [2.45, 2.75) is 54.8 Å². The smallest absolute Gasteiger partial charge is 0.243 e. The molecule has 27 heavy (non-hydrogen) atoms. The minimum atomic E-state index is -2.26. The van der Waals surface area contributed by atoms with Gasteiger partial charge in [-0.2, -0.15) is 0 Å². The van der Waals surface area contributed by atoms with Crippen molar-refractivity contribution in [3.05, 3.63) is 0 Å². The second-order valence-electron chi connectivity index (χ2n) is 6.36. The molecule has 0 unspecified atom stereocenters. The van der Waals surface area contributed by atoms with Crippen LogP contribution in [0, 0.1) is 0 Å². The van der Waals surface area contributed by atoms with Gasteiger partial charge in [-0.1, -0.05) is 0 Å². The quantitative estimate of drug-likeness (QED) is 0.191. The third-order valence-corrected chi connectivity index (χ3v) is 4.42. The van der Waals surface area contributed by atoms with Gasteiger partial charge in [0.1, 0.15) is 55.9 Å². The van der Waals surface area contributed by atoms with Gasteiger partial charge in [-0.25, -0.2) is 0 Å². The SMILES string of the molecule is NC(=O)COC[C@H]1O[C@H](O[C@]2(CO)O[C@H](CO)[C@@H](O)[C@@H]2O)[C@H](O)[C@@H](O)[C@@H]1O. The molecule has 9 N–H and O–H groups in total. The Labute approximate surface area is 153 Å². The van der Waals surface area contributed by atoms with Crippen molar-refractivity contribution in [2.75, 3.05) is 26.4 Å². The summed E-state index contributed by atoms with van der Waals surface area (Å²) < 4.78 is 20.7. The average molecular weight is 399 g/mol. The van der Waals surface area contributed by atoms with Crippen LogP contribution >= 0.6 is 0 Å². The highest BCUT2D eigenvalue weighted by atomic mass is 16.8. The van der Waals surface area contributed by atoms with E-state index in [1.165, 1.54) is 0 Å². The zero-order chi connectivity index (χ0) is 20.4. The lowest BCUT2D eigenvalue weighted by Gasteiger charge is -2.43. The Hall–Kier alpha value is -0.970. The van der Waals surface area contributed by atoms with E-state index in [2.05, 4.69) is 0 Å². The average Bonchev–Trinajstić information content (AvgIpc) is 2.88. The molecule has 13 heteroatoms. The molecule has 2 aliphatic heterocycles. The van der Waals surface area contributed by atoms with Gasteiger partial charge in [0.05, 0.1) is 13.2 Å². The molecule has 0 aromatic rings. The third kappa shape index (κ3) is 4.55. The first-order valence-corrected chi connectivity index (χ1v) is 8.16. The van der Waals surface area contributed by atoms with Gasteiger partial charge >= 0.3 is 0 Å². The topological polar surface area (TPSA) is 222 Å². The maximum Gasteiger partial charge on any atom is 0.243 e. The van der Waals surface area contributed by atoms with Crippen molar-refractivity contribution >= 4 is 5.91 Å². The molecular formula is C14H25NO12. The van der Waals surface area contributed by atoms with Gasteiger partial charge in [0.25, 0.3) is 0 Å². The molecule has 0 aromatic heterocycles. The van der Waals surface area contributed by atoms with Crippen LogP contribution < -0.4 is 5.73 Å². The number of carbonyl (C=O) groups is 1. The Kier molecular flexibility index (Phi) is 7.46. The van der Waals surface area contributed by atoms with Crippen LogP contribution in [0.15, 0.2) is 0 Å². The minimum Gasteiger partial charge on any atom is -0.394 e. The van der Waals surface area contributed by atoms with Gasteiger partial charge in [0.2, 0.25) is 11.7 Å². The Morgan fingerprint density at radius 3 is 2.19 bits per heavy atom. The summed E-state index contributed by atoms with van der Waals surface area (Å²) in [5.41, 5.74) is 4.92. The van der Waals surface area contributed by atoms with Crippen molar-refractivity contribution in [1.29, 1.82) is 0 Å². The second kappa shape index (κ2) is 9.02. The number of hydrogen-bond acceptors (Lipinski definition) is 12. The number of amides is 1. The van der Waals surface area contributed by atoms with Crippen LogP contribution in [-0.2, 0) is 23.7 Å². The molecule has 9 atom stereocenters. The van der Waals surface area contributed by atoms with Crippen LogP contribution in [0.3, 0.4) is 0 Å². The third-order valence-electron chi connectivity index (χ3n) is 4.42. The van der Waals surface area contributed by atoms with Crippen molar-refractivity contribution in [1.82, 2.24) is 0 Å². The molecule has 2 saturated heterocycles. The monoisotopic (exact) mass is 399 g/mol. The van der Waals surface area contributed by atoms with Gasteiger partial charge in [-0.15, -0.1) is 0 Å². The number of aliphatic hydroxyl groups is 7. The normalized spacial score (nSPS) is 45.1. The zero-order valence-corrected chi connectivity index (χ0v) is 14.2. The van der Waals surface area contributed by atoms with E-state index >= 15 is 0 Å². The number of ether oxygens (including phenoxy) is 4. The van der Waals surface area contributed by atoms with Crippen molar-refractivity contribution in [2.24, 2.45) is 5.73 Å². The Bertz CT molecular complexity index is 508. The molecule has 2 aliphatic rings. The van der Waals surface area contributed by atoms with E-state index in [0.717, 1.165) is 0 Å². The molecular weight excluding hydrogens is 374 g/mol. The molecule has 0 aliphatic carbocycles. The first-order chi connectivity index (χ1) is 12.7. The number of primary amides is 1. The summed E-state index contributed by atoms with van der Waals surface area (Å²) in [4.78, 5) is 10.7. The fraction of sp³-hybridized carbons (Fsp3) is 0.929. The summed E-state index contributed by atoms with van der Waals surface area (Å²) in [6.45, 7) is -2.56. The molecule has 0 saturated carbocycles. The Morgan fingerprint density at radius 1 is 1.00 bits per heavy atom. The Balaban J connectivity index is 2.11. The predicted molar refractivity (Wildman–Crippen MR) is 81.6 cm³/mol. The predicted octanol–water partition coefficient (Wildman–Crippen LogP) is -5.89. The van der Waals surface area contributed by atoms with Crippen molar-refractivity contribution in [3.8, 4) is 0 Å². The Morgan fingerprint density at radius 2 is 1.67 bits per heavy atom. The fourth-order valence-electron chi connectivity index (χ4n) is 2.89. The largest absolute Gasteiger partial charge is 0.394 e. The number of carbonyl (C=O) groups excluding carboxylic acids is 1. The molecule has 2 fully saturated rings. The lowest BCUT2D eigenvalue weighted by molar-refractivity contribution is -0.384. The van der Waals surface area contributed by atoms with E-state index in [1.807, 2.05) is 0 Å². The van der Waals surface area contributed by atoms with Crippen LogP contribution in [0.2, 0.25) is 0 Å². The van der Waals surface area contributed by atoms with Gasteiger partial charge in [-0.05, 0) is 0 Å².